The summed E-state index contributed by atoms with van der Waals surface area (Å²) in [7, 11) is 3.22. The highest BCUT2D eigenvalue weighted by Gasteiger charge is 2.29. The fourth-order valence-corrected chi connectivity index (χ4v) is 7.00. The molecule has 1 aliphatic heterocycles. The van der Waals surface area contributed by atoms with E-state index in [0.29, 0.717) is 79.2 Å². The first-order valence-electron chi connectivity index (χ1n) is 17.7. The Kier molecular flexibility index (Phi) is 11.5. The average molecular weight is 786 g/mol. The number of nitrogens with one attached hydrogen (secondary N) is 1. The number of likely N-dealkylation sites (N-methyl/N-ethyl adjacent to an activating group) is 1. The van der Waals surface area contributed by atoms with Crippen molar-refractivity contribution in [1.29, 1.82) is 0 Å². The van der Waals surface area contributed by atoms with E-state index in [9.17, 15) is 19.5 Å². The van der Waals surface area contributed by atoms with Crippen molar-refractivity contribution in [3.63, 3.8) is 0 Å². The SMILES string of the molecule is COc1nc(-c2cccc(-c3cccc(-c4cc5ncc(N(C)C(C)C(=O)O)cc5cn4)c3Cl)c2Cl)ccc1CN(C[C@@H]1CCC(=O)N1)C(=O)OC(C)(C)C. The van der Waals surface area contributed by atoms with Crippen LogP contribution in [0.25, 0.3) is 44.5 Å². The van der Waals surface area contributed by atoms with Gasteiger partial charge >= 0.3 is 12.1 Å². The van der Waals surface area contributed by atoms with Gasteiger partial charge in [0.05, 0.1) is 52.5 Å². The van der Waals surface area contributed by atoms with Gasteiger partial charge in [-0.15, -0.1) is 0 Å². The Morgan fingerprint density at radius 3 is 2.22 bits per heavy atom. The first-order valence-corrected chi connectivity index (χ1v) is 18.5. The largest absolute Gasteiger partial charge is 0.481 e. The molecule has 0 radical (unpaired) electrons. The fraction of sp³-hybridized carbons (Fsp3) is 0.317. The van der Waals surface area contributed by atoms with E-state index in [-0.39, 0.29) is 25.0 Å². The van der Waals surface area contributed by atoms with Gasteiger partial charge in [0.25, 0.3) is 0 Å². The molecule has 286 valence electrons. The molecule has 2 amide bonds. The molecule has 0 saturated carbocycles. The number of amides is 2. The lowest BCUT2D eigenvalue weighted by molar-refractivity contribution is -0.138. The Labute approximate surface area is 329 Å². The van der Waals surface area contributed by atoms with Gasteiger partial charge in [0.15, 0.2) is 0 Å². The third kappa shape index (κ3) is 8.76. The van der Waals surface area contributed by atoms with Crippen LogP contribution in [0.5, 0.6) is 5.88 Å². The molecule has 2 atom stereocenters. The van der Waals surface area contributed by atoms with Crippen LogP contribution in [0.2, 0.25) is 10.0 Å². The zero-order chi connectivity index (χ0) is 39.6. The van der Waals surface area contributed by atoms with Crippen LogP contribution in [-0.2, 0) is 20.9 Å². The summed E-state index contributed by atoms with van der Waals surface area (Å²) in [6.45, 7) is 7.45. The molecule has 2 aromatic carbocycles. The summed E-state index contributed by atoms with van der Waals surface area (Å²) in [5.41, 5.74) is 5.14. The second kappa shape index (κ2) is 16.1. The van der Waals surface area contributed by atoms with Crippen molar-refractivity contribution >= 4 is 57.8 Å². The molecule has 1 saturated heterocycles. The quantitative estimate of drug-likeness (QED) is 0.134. The number of ether oxygens (including phenoxy) is 2. The van der Waals surface area contributed by atoms with Gasteiger partial charge < -0.3 is 29.7 Å². The number of carbonyl (C=O) groups excluding carboxylic acids is 2. The minimum Gasteiger partial charge on any atom is -0.481 e. The molecule has 1 fully saturated rings. The van der Waals surface area contributed by atoms with Gasteiger partial charge in [-0.3, -0.25) is 14.8 Å². The maximum atomic E-state index is 13.3. The normalized spacial score (nSPS) is 14.7. The Bertz CT molecular complexity index is 2280. The van der Waals surface area contributed by atoms with Crippen molar-refractivity contribution in [2.75, 3.05) is 25.6 Å². The van der Waals surface area contributed by atoms with E-state index < -0.39 is 23.7 Å². The van der Waals surface area contributed by atoms with Gasteiger partial charge in [-0.05, 0) is 58.4 Å². The van der Waals surface area contributed by atoms with Gasteiger partial charge in [-0.2, -0.15) is 0 Å². The number of fused-ring (bicyclic) bond motifs is 1. The number of aliphatic carboxylic acids is 1. The molecule has 2 N–H and O–H groups in total. The predicted molar refractivity (Wildman–Crippen MR) is 214 cm³/mol. The zero-order valence-electron chi connectivity index (χ0n) is 31.4. The number of carbonyl (C=O) groups is 3. The highest BCUT2D eigenvalue weighted by atomic mass is 35.5. The third-order valence-corrected chi connectivity index (χ3v) is 10.2. The van der Waals surface area contributed by atoms with E-state index in [1.165, 1.54) is 7.11 Å². The van der Waals surface area contributed by atoms with Gasteiger partial charge in [0.1, 0.15) is 11.6 Å². The Morgan fingerprint density at radius 1 is 0.964 bits per heavy atom. The standard InChI is InChI=1S/C41H42Cl2N6O6/c1-23(39(51)52)48(5)27-17-25-19-44-34(18-33(25)45-20-27)31-12-8-10-29(37(31)43)28-9-7-11-30(36(28)42)32-15-13-24(38(47-32)54-6)21-49(40(53)55-41(2,3)4)22-26-14-16-35(50)46-26/h7-13,15,17-20,23,26H,14,16,21-22H2,1-6H3,(H,46,50)(H,51,52)/t23?,26-/m0/s1. The van der Waals surface area contributed by atoms with Gasteiger partial charge in [0, 0.05) is 65.5 Å². The lowest BCUT2D eigenvalue weighted by Gasteiger charge is -2.29. The summed E-state index contributed by atoms with van der Waals surface area (Å²) in [6.07, 6.45) is 3.86. The maximum Gasteiger partial charge on any atom is 0.410 e. The molecule has 0 aliphatic carbocycles. The van der Waals surface area contributed by atoms with Crippen LogP contribution in [0.15, 0.2) is 73.1 Å². The molecule has 55 heavy (non-hydrogen) atoms. The molecule has 6 rings (SSSR count). The first kappa shape index (κ1) is 39.2. The van der Waals surface area contributed by atoms with Crippen LogP contribution in [0.1, 0.15) is 46.1 Å². The number of benzene rings is 2. The van der Waals surface area contributed by atoms with Crippen molar-refractivity contribution < 1.29 is 29.0 Å². The number of carboxylic acids is 1. The maximum absolute atomic E-state index is 13.3. The minimum atomic E-state index is -0.933. The summed E-state index contributed by atoms with van der Waals surface area (Å²) in [6, 6.07) is 17.7. The number of methoxy groups -OCH3 is 1. The third-order valence-electron chi connectivity index (χ3n) is 9.41. The summed E-state index contributed by atoms with van der Waals surface area (Å²) in [5, 5.41) is 14.0. The van der Waals surface area contributed by atoms with E-state index in [1.54, 1.807) is 56.9 Å². The molecular formula is C41H42Cl2N6O6. The monoisotopic (exact) mass is 784 g/mol. The first-order chi connectivity index (χ1) is 26.1. The highest BCUT2D eigenvalue weighted by Crippen LogP contribution is 2.42. The predicted octanol–water partition coefficient (Wildman–Crippen LogP) is 8.27. The van der Waals surface area contributed by atoms with Crippen LogP contribution in [0, 0.1) is 0 Å². The molecule has 1 unspecified atom stereocenters. The van der Waals surface area contributed by atoms with Crippen LogP contribution in [-0.4, -0.2) is 81.3 Å². The summed E-state index contributed by atoms with van der Waals surface area (Å²) < 4.78 is 11.4. The van der Waals surface area contributed by atoms with Crippen LogP contribution >= 0.6 is 23.2 Å². The Balaban J connectivity index is 1.29. The van der Waals surface area contributed by atoms with E-state index in [2.05, 4.69) is 15.3 Å². The Hall–Kier alpha value is -5.46. The number of carboxylic acid groups (broad SMARTS) is 1. The van der Waals surface area contributed by atoms with Gasteiger partial charge in [-0.25, -0.2) is 14.6 Å². The second-order valence-electron chi connectivity index (χ2n) is 14.4. The van der Waals surface area contributed by atoms with Crippen molar-refractivity contribution in [3.8, 4) is 39.5 Å². The van der Waals surface area contributed by atoms with E-state index in [4.69, 9.17) is 37.7 Å². The molecule has 0 spiro atoms. The molecule has 1 aliphatic rings. The van der Waals surface area contributed by atoms with Crippen molar-refractivity contribution in [2.45, 2.75) is 64.8 Å². The summed E-state index contributed by atoms with van der Waals surface area (Å²) >= 11 is 14.2. The number of nitrogens with zero attached hydrogens (tertiary/aromatic N) is 5. The zero-order valence-corrected chi connectivity index (χ0v) is 32.9. The minimum absolute atomic E-state index is 0.0402. The summed E-state index contributed by atoms with van der Waals surface area (Å²) in [5.74, 6) is -0.659. The Morgan fingerprint density at radius 2 is 1.62 bits per heavy atom. The number of aromatic nitrogens is 3. The number of anilines is 1. The topological polar surface area (TPSA) is 147 Å². The second-order valence-corrected chi connectivity index (χ2v) is 15.2. The summed E-state index contributed by atoms with van der Waals surface area (Å²) in [4.78, 5) is 53.9. The number of pyridine rings is 3. The highest BCUT2D eigenvalue weighted by molar-refractivity contribution is 6.39. The molecule has 3 aromatic heterocycles. The van der Waals surface area contributed by atoms with Gasteiger partial charge in [-0.1, -0.05) is 59.6 Å². The van der Waals surface area contributed by atoms with E-state index in [0.717, 1.165) is 5.39 Å². The molecule has 14 heteroatoms. The molecule has 5 aromatic rings. The van der Waals surface area contributed by atoms with Crippen LogP contribution < -0.4 is 15.0 Å². The smallest absolute Gasteiger partial charge is 0.410 e. The average Bonchev–Trinajstić information content (AvgIpc) is 3.57. The lowest BCUT2D eigenvalue weighted by Crippen LogP contribution is -2.43. The fourth-order valence-electron chi connectivity index (χ4n) is 6.35. The number of rotatable bonds is 11. The van der Waals surface area contributed by atoms with Crippen LogP contribution in [0.4, 0.5) is 10.5 Å². The van der Waals surface area contributed by atoms with E-state index >= 15 is 0 Å². The number of halogens is 2. The lowest BCUT2D eigenvalue weighted by atomic mass is 9.98. The van der Waals surface area contributed by atoms with Gasteiger partial charge in [0.2, 0.25) is 11.8 Å². The molecule has 4 heterocycles. The molecular weight excluding hydrogens is 743 g/mol. The van der Waals surface area contributed by atoms with E-state index in [1.807, 2.05) is 60.7 Å². The number of hydrogen-bond donors (Lipinski definition) is 2. The van der Waals surface area contributed by atoms with Crippen LogP contribution in [0.3, 0.4) is 0 Å². The molecule has 0 bridgehead atoms. The number of hydrogen-bond acceptors (Lipinski definition) is 9. The van der Waals surface area contributed by atoms with Crippen molar-refractivity contribution in [1.82, 2.24) is 25.2 Å². The van der Waals surface area contributed by atoms with Crippen molar-refractivity contribution in [2.24, 2.45) is 0 Å². The van der Waals surface area contributed by atoms with Crippen molar-refractivity contribution in [3.05, 3.63) is 88.7 Å². The molecule has 12 nitrogen and oxygen atoms in total.